The van der Waals surface area contributed by atoms with Gasteiger partial charge in [0, 0.05) is 31.0 Å². The van der Waals surface area contributed by atoms with E-state index in [9.17, 15) is 9.59 Å². The number of aryl methyl sites for hydroxylation is 1. The highest BCUT2D eigenvalue weighted by Gasteiger charge is 2.36. The van der Waals surface area contributed by atoms with Crippen molar-refractivity contribution in [1.29, 1.82) is 0 Å². The predicted molar refractivity (Wildman–Crippen MR) is 131 cm³/mol. The molecule has 8 heteroatoms. The molecule has 0 unspecified atom stereocenters. The first-order valence-corrected chi connectivity index (χ1v) is 12.1. The summed E-state index contributed by atoms with van der Waals surface area (Å²) in [5.74, 6) is 2.96. The highest BCUT2D eigenvalue weighted by atomic mass is 16.4. The number of rotatable bonds is 6. The van der Waals surface area contributed by atoms with Gasteiger partial charge < -0.3 is 9.32 Å². The number of H-pyrrole nitrogens is 1. The summed E-state index contributed by atoms with van der Waals surface area (Å²) in [6.45, 7) is 3.43. The number of hydrogen-bond donors (Lipinski definition) is 1. The molecular formula is C27H27N5O3. The molecule has 0 radical (unpaired) electrons. The third-order valence-corrected chi connectivity index (χ3v) is 6.95. The SMILES string of the molecule is Cc1cnc(-c2ccc(-c3ccc(-n4c(C[C@@H]5CCN(C(=O)C6CC6)C5)n[nH]c4=O)cc3)cc2)o1. The summed E-state index contributed by atoms with van der Waals surface area (Å²) in [6.07, 6.45) is 5.38. The molecular weight excluding hydrogens is 442 g/mol. The van der Waals surface area contributed by atoms with Gasteiger partial charge in [0.25, 0.3) is 0 Å². The van der Waals surface area contributed by atoms with E-state index in [2.05, 4.69) is 15.2 Å². The Morgan fingerprint density at radius 3 is 2.37 bits per heavy atom. The quantitative estimate of drug-likeness (QED) is 0.461. The van der Waals surface area contributed by atoms with Gasteiger partial charge in [-0.25, -0.2) is 19.4 Å². The molecule has 2 fully saturated rings. The summed E-state index contributed by atoms with van der Waals surface area (Å²) >= 11 is 0. The molecule has 35 heavy (non-hydrogen) atoms. The van der Waals surface area contributed by atoms with Gasteiger partial charge in [0.1, 0.15) is 11.6 Å². The van der Waals surface area contributed by atoms with Gasteiger partial charge >= 0.3 is 5.69 Å². The molecule has 1 amide bonds. The highest BCUT2D eigenvalue weighted by Crippen LogP contribution is 2.33. The van der Waals surface area contributed by atoms with Crippen LogP contribution in [0, 0.1) is 18.8 Å². The van der Waals surface area contributed by atoms with Crippen molar-refractivity contribution in [2.45, 2.75) is 32.6 Å². The van der Waals surface area contributed by atoms with Crippen molar-refractivity contribution in [3.8, 4) is 28.3 Å². The fraction of sp³-hybridized carbons (Fsp3) is 0.333. The maximum atomic E-state index is 12.6. The first-order valence-electron chi connectivity index (χ1n) is 12.1. The van der Waals surface area contributed by atoms with E-state index in [-0.39, 0.29) is 11.6 Å². The smallest absolute Gasteiger partial charge is 0.347 e. The number of likely N-dealkylation sites (tertiary alicyclic amines) is 1. The van der Waals surface area contributed by atoms with Crippen molar-refractivity contribution in [2.75, 3.05) is 13.1 Å². The van der Waals surface area contributed by atoms with E-state index < -0.39 is 0 Å². The van der Waals surface area contributed by atoms with Crippen LogP contribution < -0.4 is 5.69 Å². The van der Waals surface area contributed by atoms with E-state index in [0.717, 1.165) is 60.5 Å². The second kappa shape index (κ2) is 8.69. The van der Waals surface area contributed by atoms with Gasteiger partial charge in [0.15, 0.2) is 0 Å². The predicted octanol–water partition coefficient (Wildman–Crippen LogP) is 3.99. The zero-order chi connectivity index (χ0) is 23.9. The lowest BCUT2D eigenvalue weighted by Gasteiger charge is -2.16. The number of carbonyl (C=O) groups excluding carboxylic acids is 1. The molecule has 178 valence electrons. The summed E-state index contributed by atoms with van der Waals surface area (Å²) in [5, 5.41) is 6.90. The maximum Gasteiger partial charge on any atom is 0.347 e. The fourth-order valence-electron chi connectivity index (χ4n) is 4.88. The Morgan fingerprint density at radius 2 is 1.71 bits per heavy atom. The number of aromatic nitrogens is 4. The monoisotopic (exact) mass is 469 g/mol. The van der Waals surface area contributed by atoms with E-state index in [1.807, 2.05) is 60.4 Å². The topological polar surface area (TPSA) is 97.0 Å². The van der Waals surface area contributed by atoms with E-state index >= 15 is 0 Å². The molecule has 1 saturated heterocycles. The molecule has 1 saturated carbocycles. The molecule has 1 aliphatic carbocycles. The molecule has 4 aromatic rings. The van der Waals surface area contributed by atoms with Crippen molar-refractivity contribution < 1.29 is 9.21 Å². The van der Waals surface area contributed by atoms with Crippen LogP contribution in [0.25, 0.3) is 28.3 Å². The fourth-order valence-corrected chi connectivity index (χ4v) is 4.88. The average Bonchev–Trinajstić information content (AvgIpc) is 3.29. The summed E-state index contributed by atoms with van der Waals surface area (Å²) in [4.78, 5) is 31.2. The van der Waals surface area contributed by atoms with Gasteiger partial charge in [0.05, 0.1) is 11.9 Å². The number of nitrogens with zero attached hydrogens (tertiary/aromatic N) is 4. The van der Waals surface area contributed by atoms with Gasteiger partial charge in [-0.15, -0.1) is 0 Å². The van der Waals surface area contributed by atoms with Crippen LogP contribution in [0.4, 0.5) is 0 Å². The standard InChI is InChI=1S/C27H27N5O3/c1-17-15-28-25(35-17)21-4-2-19(3-5-21)20-8-10-23(11-9-20)32-24(29-30-27(32)34)14-18-12-13-31(16-18)26(33)22-6-7-22/h2-5,8-11,15,18,22H,6-7,12-14,16H2,1H3,(H,30,34)/t18-/m0/s1. The van der Waals surface area contributed by atoms with E-state index in [1.54, 1.807) is 10.8 Å². The van der Waals surface area contributed by atoms with E-state index in [1.165, 1.54) is 0 Å². The van der Waals surface area contributed by atoms with Crippen molar-refractivity contribution >= 4 is 5.91 Å². The van der Waals surface area contributed by atoms with Crippen LogP contribution in [0.15, 0.2) is 63.9 Å². The maximum absolute atomic E-state index is 12.6. The third-order valence-electron chi connectivity index (χ3n) is 6.95. The zero-order valence-corrected chi connectivity index (χ0v) is 19.6. The van der Waals surface area contributed by atoms with Crippen LogP contribution in [0.5, 0.6) is 0 Å². The van der Waals surface area contributed by atoms with Gasteiger partial charge in [-0.1, -0.05) is 24.3 Å². The van der Waals surface area contributed by atoms with Crippen molar-refractivity contribution in [1.82, 2.24) is 24.6 Å². The van der Waals surface area contributed by atoms with Crippen LogP contribution >= 0.6 is 0 Å². The second-order valence-electron chi connectivity index (χ2n) is 9.60. The zero-order valence-electron chi connectivity index (χ0n) is 19.6. The Hall–Kier alpha value is -3.94. The number of benzene rings is 2. The second-order valence-corrected chi connectivity index (χ2v) is 9.60. The van der Waals surface area contributed by atoms with E-state index in [4.69, 9.17) is 4.42 Å². The number of hydrogen-bond acceptors (Lipinski definition) is 5. The third kappa shape index (κ3) is 4.32. The van der Waals surface area contributed by atoms with Gasteiger partial charge in [-0.2, -0.15) is 5.10 Å². The minimum absolute atomic E-state index is 0.248. The average molecular weight is 470 g/mol. The molecule has 1 N–H and O–H groups in total. The first-order chi connectivity index (χ1) is 17.0. The van der Waals surface area contributed by atoms with Crippen LogP contribution in [0.2, 0.25) is 0 Å². The molecule has 6 rings (SSSR count). The lowest BCUT2D eigenvalue weighted by molar-refractivity contribution is -0.131. The lowest BCUT2D eigenvalue weighted by atomic mass is 10.0. The van der Waals surface area contributed by atoms with E-state index in [0.29, 0.717) is 30.0 Å². The Bertz CT molecular complexity index is 1410. The number of carbonyl (C=O) groups is 1. The molecule has 1 atom stereocenters. The molecule has 2 aromatic carbocycles. The summed E-state index contributed by atoms with van der Waals surface area (Å²) < 4.78 is 7.24. The van der Waals surface area contributed by atoms with Crippen molar-refractivity contribution in [2.24, 2.45) is 11.8 Å². The normalized spacial score (nSPS) is 17.7. The largest absolute Gasteiger partial charge is 0.441 e. The van der Waals surface area contributed by atoms with Crippen LogP contribution in [-0.2, 0) is 11.2 Å². The van der Waals surface area contributed by atoms with Gasteiger partial charge in [-0.05, 0) is 67.5 Å². The van der Waals surface area contributed by atoms with Gasteiger partial charge in [-0.3, -0.25) is 4.79 Å². The minimum atomic E-state index is -0.248. The lowest BCUT2D eigenvalue weighted by Crippen LogP contribution is -2.30. The number of nitrogens with one attached hydrogen (secondary N) is 1. The van der Waals surface area contributed by atoms with Crippen molar-refractivity contribution in [3.05, 3.63) is 76.8 Å². The molecule has 3 heterocycles. The molecule has 0 bridgehead atoms. The molecule has 8 nitrogen and oxygen atoms in total. The Balaban J connectivity index is 1.18. The minimum Gasteiger partial charge on any atom is -0.441 e. The number of aromatic amines is 1. The Morgan fingerprint density at radius 1 is 1.03 bits per heavy atom. The van der Waals surface area contributed by atoms with Crippen molar-refractivity contribution in [3.63, 3.8) is 0 Å². The molecule has 0 spiro atoms. The summed E-state index contributed by atoms with van der Waals surface area (Å²) in [6, 6.07) is 16.0. The number of amides is 1. The van der Waals surface area contributed by atoms with Gasteiger partial charge in [0.2, 0.25) is 11.8 Å². The summed E-state index contributed by atoms with van der Waals surface area (Å²) in [7, 11) is 0. The molecule has 1 aliphatic heterocycles. The molecule has 2 aliphatic rings. The first kappa shape index (κ1) is 21.6. The molecule has 2 aromatic heterocycles. The number of oxazole rings is 1. The Labute approximate surface area is 202 Å². The van der Waals surface area contributed by atoms with Crippen LogP contribution in [0.1, 0.15) is 30.8 Å². The van der Waals surface area contributed by atoms with Crippen LogP contribution in [0.3, 0.4) is 0 Å². The highest BCUT2D eigenvalue weighted by molar-refractivity contribution is 5.81. The summed E-state index contributed by atoms with van der Waals surface area (Å²) in [5.41, 5.74) is 3.57. The van der Waals surface area contributed by atoms with Crippen LogP contribution in [-0.4, -0.2) is 43.6 Å². The Kier molecular flexibility index (Phi) is 5.36.